The number of aliphatic imine (C=N–C) groups is 1. The summed E-state index contributed by atoms with van der Waals surface area (Å²) in [4.78, 5) is 6.61. The first-order chi connectivity index (χ1) is 12.2. The van der Waals surface area contributed by atoms with E-state index in [1.807, 2.05) is 0 Å². The quantitative estimate of drug-likeness (QED) is 0.248. The van der Waals surface area contributed by atoms with Crippen molar-refractivity contribution in [2.45, 2.75) is 25.8 Å². The zero-order chi connectivity index (χ0) is 17.9. The van der Waals surface area contributed by atoms with Crippen molar-refractivity contribution in [1.29, 1.82) is 0 Å². The molecule has 1 aromatic carbocycles. The van der Waals surface area contributed by atoms with Gasteiger partial charge in [0, 0.05) is 53.1 Å². The van der Waals surface area contributed by atoms with Crippen LogP contribution in [-0.4, -0.2) is 60.1 Å². The molecule has 0 aliphatic carbocycles. The van der Waals surface area contributed by atoms with Crippen LogP contribution in [0.15, 0.2) is 23.2 Å². The first-order valence-corrected chi connectivity index (χ1v) is 9.08. The lowest BCUT2D eigenvalue weighted by Gasteiger charge is -2.28. The van der Waals surface area contributed by atoms with Gasteiger partial charge in [-0.2, -0.15) is 0 Å². The van der Waals surface area contributed by atoms with E-state index in [0.29, 0.717) is 13.2 Å². The summed E-state index contributed by atoms with van der Waals surface area (Å²) < 4.78 is 10.4. The number of benzene rings is 1. The van der Waals surface area contributed by atoms with Crippen LogP contribution in [0.5, 0.6) is 0 Å². The topological polar surface area (TPSA) is 58.1 Å². The zero-order valence-corrected chi connectivity index (χ0v) is 18.5. The summed E-state index contributed by atoms with van der Waals surface area (Å²) in [5.41, 5.74) is 4.11. The Morgan fingerprint density at radius 3 is 2.85 bits per heavy atom. The number of fused-ring (bicyclic) bond motifs is 1. The van der Waals surface area contributed by atoms with E-state index in [9.17, 15) is 0 Å². The molecule has 2 N–H and O–H groups in total. The number of halogens is 1. The van der Waals surface area contributed by atoms with Crippen LogP contribution in [0, 0.1) is 0 Å². The summed E-state index contributed by atoms with van der Waals surface area (Å²) in [6, 6.07) is 6.75. The van der Waals surface area contributed by atoms with Gasteiger partial charge in [0.05, 0.1) is 13.2 Å². The second-order valence-electron chi connectivity index (χ2n) is 6.30. The summed E-state index contributed by atoms with van der Waals surface area (Å²) in [6.45, 7) is 4.79. The molecule has 0 aromatic heterocycles. The Balaban J connectivity index is 0.00000338. The van der Waals surface area contributed by atoms with Crippen LogP contribution in [0.25, 0.3) is 0 Å². The zero-order valence-electron chi connectivity index (χ0n) is 16.2. The van der Waals surface area contributed by atoms with E-state index in [1.165, 1.54) is 29.7 Å². The molecular weight excluding hydrogens is 443 g/mol. The van der Waals surface area contributed by atoms with Crippen LogP contribution in [0.2, 0.25) is 0 Å². The molecule has 0 unspecified atom stereocenters. The molecule has 1 aliphatic heterocycles. The molecule has 26 heavy (non-hydrogen) atoms. The first-order valence-electron chi connectivity index (χ1n) is 9.08. The van der Waals surface area contributed by atoms with Gasteiger partial charge < -0.3 is 25.0 Å². The van der Waals surface area contributed by atoms with Gasteiger partial charge >= 0.3 is 0 Å². The molecule has 148 valence electrons. The summed E-state index contributed by atoms with van der Waals surface area (Å²) in [6.07, 6.45) is 3.34. The largest absolute Gasteiger partial charge is 0.382 e. The van der Waals surface area contributed by atoms with Crippen LogP contribution < -0.4 is 15.5 Å². The van der Waals surface area contributed by atoms with Crippen LogP contribution >= 0.6 is 24.0 Å². The van der Waals surface area contributed by atoms with Crippen molar-refractivity contribution in [3.8, 4) is 0 Å². The standard InChI is InChI=1S/C19H32N4O2.HI/c1-20-19(21-9-5-11-25-13-12-24-3)22-15-16-7-8-18-17(14-16)6-4-10-23(18)2;/h7-8,14H,4-6,9-13,15H2,1-3H3,(H2,20,21,22);1H. The van der Waals surface area contributed by atoms with Crippen LogP contribution in [0.3, 0.4) is 0 Å². The highest BCUT2D eigenvalue weighted by molar-refractivity contribution is 14.0. The Kier molecular flexibility index (Phi) is 11.6. The number of methoxy groups -OCH3 is 1. The van der Waals surface area contributed by atoms with E-state index in [0.717, 1.165) is 38.6 Å². The molecule has 7 heteroatoms. The fourth-order valence-electron chi connectivity index (χ4n) is 2.98. The molecule has 6 nitrogen and oxygen atoms in total. The van der Waals surface area contributed by atoms with Crippen LogP contribution in [0.1, 0.15) is 24.0 Å². The highest BCUT2D eigenvalue weighted by Gasteiger charge is 2.13. The van der Waals surface area contributed by atoms with E-state index in [4.69, 9.17) is 9.47 Å². The minimum absolute atomic E-state index is 0. The maximum Gasteiger partial charge on any atom is 0.191 e. The highest BCUT2D eigenvalue weighted by Crippen LogP contribution is 2.26. The lowest BCUT2D eigenvalue weighted by Crippen LogP contribution is -2.37. The molecule has 0 atom stereocenters. The maximum atomic E-state index is 5.45. The summed E-state index contributed by atoms with van der Waals surface area (Å²) in [7, 11) is 5.65. The summed E-state index contributed by atoms with van der Waals surface area (Å²) in [5.74, 6) is 0.826. The number of nitrogens with zero attached hydrogens (tertiary/aromatic N) is 2. The molecule has 0 fully saturated rings. The van der Waals surface area contributed by atoms with Gasteiger partial charge in [0.15, 0.2) is 5.96 Å². The molecule has 1 aliphatic rings. The molecule has 0 radical (unpaired) electrons. The minimum atomic E-state index is 0. The Bertz CT molecular complexity index is 554. The van der Waals surface area contributed by atoms with E-state index in [1.54, 1.807) is 14.2 Å². The van der Waals surface area contributed by atoms with Crippen LogP contribution in [0.4, 0.5) is 5.69 Å². The molecule has 0 saturated heterocycles. The van der Waals surface area contributed by atoms with Crippen molar-refractivity contribution in [1.82, 2.24) is 10.6 Å². The summed E-state index contributed by atoms with van der Waals surface area (Å²) >= 11 is 0. The van der Waals surface area contributed by atoms with Crippen LogP contribution in [-0.2, 0) is 22.4 Å². The van der Waals surface area contributed by atoms with Crippen molar-refractivity contribution in [2.24, 2.45) is 4.99 Å². The van der Waals surface area contributed by atoms with Crippen molar-refractivity contribution in [3.63, 3.8) is 0 Å². The SMILES string of the molecule is CN=C(NCCCOCCOC)NCc1ccc2c(c1)CCCN2C.I. The van der Waals surface area contributed by atoms with Gasteiger partial charge in [-0.05, 0) is 36.5 Å². The maximum absolute atomic E-state index is 5.45. The Labute approximate surface area is 174 Å². The minimum Gasteiger partial charge on any atom is -0.382 e. The normalized spacial score (nSPS) is 13.8. The van der Waals surface area contributed by atoms with Crippen molar-refractivity contribution in [3.05, 3.63) is 29.3 Å². The number of hydrogen-bond donors (Lipinski definition) is 2. The Morgan fingerprint density at radius 1 is 1.23 bits per heavy atom. The van der Waals surface area contributed by atoms with Gasteiger partial charge in [-0.25, -0.2) is 0 Å². The van der Waals surface area contributed by atoms with Gasteiger partial charge in [0.25, 0.3) is 0 Å². The third-order valence-corrected chi connectivity index (χ3v) is 4.37. The number of rotatable bonds is 9. The van der Waals surface area contributed by atoms with Gasteiger partial charge in [-0.3, -0.25) is 4.99 Å². The second-order valence-corrected chi connectivity index (χ2v) is 6.30. The van der Waals surface area contributed by atoms with Gasteiger partial charge in [0.1, 0.15) is 0 Å². The Morgan fingerprint density at radius 2 is 2.08 bits per heavy atom. The third-order valence-electron chi connectivity index (χ3n) is 4.37. The number of guanidine groups is 1. The van der Waals surface area contributed by atoms with E-state index in [-0.39, 0.29) is 24.0 Å². The van der Waals surface area contributed by atoms with Crippen molar-refractivity contribution < 1.29 is 9.47 Å². The average molecular weight is 476 g/mol. The fraction of sp³-hybridized carbons (Fsp3) is 0.632. The van der Waals surface area contributed by atoms with Crippen molar-refractivity contribution >= 4 is 35.6 Å². The average Bonchev–Trinajstić information content (AvgIpc) is 2.63. The predicted octanol–water partition coefficient (Wildman–Crippen LogP) is 2.41. The number of aryl methyl sites for hydroxylation is 1. The molecule has 0 spiro atoms. The smallest absolute Gasteiger partial charge is 0.191 e. The molecule has 0 bridgehead atoms. The second kappa shape index (κ2) is 13.2. The fourth-order valence-corrected chi connectivity index (χ4v) is 2.98. The summed E-state index contributed by atoms with van der Waals surface area (Å²) in [5, 5.41) is 6.70. The van der Waals surface area contributed by atoms with Gasteiger partial charge in [-0.15, -0.1) is 24.0 Å². The van der Waals surface area contributed by atoms with Gasteiger partial charge in [0.2, 0.25) is 0 Å². The molecule has 2 rings (SSSR count). The Hall–Kier alpha value is -1.06. The highest BCUT2D eigenvalue weighted by atomic mass is 127. The lowest BCUT2D eigenvalue weighted by atomic mass is 9.99. The number of hydrogen-bond acceptors (Lipinski definition) is 4. The van der Waals surface area contributed by atoms with E-state index >= 15 is 0 Å². The molecule has 1 aromatic rings. The van der Waals surface area contributed by atoms with Gasteiger partial charge in [-0.1, -0.05) is 12.1 Å². The van der Waals surface area contributed by atoms with Crippen molar-refractivity contribution in [2.75, 3.05) is 59.0 Å². The molecule has 1 heterocycles. The van der Waals surface area contributed by atoms with E-state index in [2.05, 4.69) is 45.8 Å². The first kappa shape index (κ1) is 23.0. The number of ether oxygens (including phenoxy) is 2. The molecule has 0 saturated carbocycles. The van der Waals surface area contributed by atoms with E-state index < -0.39 is 0 Å². The predicted molar refractivity (Wildman–Crippen MR) is 119 cm³/mol. The lowest BCUT2D eigenvalue weighted by molar-refractivity contribution is 0.0698. The molecular formula is C19H33IN4O2. The number of nitrogens with one attached hydrogen (secondary N) is 2. The molecule has 0 amide bonds. The third kappa shape index (κ3) is 7.67. The monoisotopic (exact) mass is 476 g/mol. The number of anilines is 1.